The third-order valence-electron chi connectivity index (χ3n) is 5.39. The van der Waals surface area contributed by atoms with Crippen LogP contribution in [0.25, 0.3) is 5.69 Å². The van der Waals surface area contributed by atoms with E-state index < -0.39 is 0 Å². The summed E-state index contributed by atoms with van der Waals surface area (Å²) in [7, 11) is 0. The minimum atomic E-state index is -0.190. The van der Waals surface area contributed by atoms with Gasteiger partial charge in [-0.3, -0.25) is 14.3 Å². The summed E-state index contributed by atoms with van der Waals surface area (Å²) >= 11 is 0. The molecule has 150 valence electrons. The molecule has 6 nitrogen and oxygen atoms in total. The Morgan fingerprint density at radius 1 is 1.07 bits per heavy atom. The quantitative estimate of drug-likeness (QED) is 0.698. The van der Waals surface area contributed by atoms with Gasteiger partial charge in [-0.2, -0.15) is 0 Å². The molecule has 1 saturated heterocycles. The summed E-state index contributed by atoms with van der Waals surface area (Å²) in [5.41, 5.74) is 3.92. The number of piperidine rings is 1. The summed E-state index contributed by atoms with van der Waals surface area (Å²) in [4.78, 5) is 29.7. The predicted octanol–water partition coefficient (Wildman–Crippen LogP) is 3.71. The van der Waals surface area contributed by atoms with Gasteiger partial charge in [-0.1, -0.05) is 18.6 Å². The Labute approximate surface area is 170 Å². The molecule has 6 heteroatoms. The van der Waals surface area contributed by atoms with Gasteiger partial charge >= 0.3 is 5.69 Å². The number of anilines is 1. The first kappa shape index (κ1) is 19.2. The van der Waals surface area contributed by atoms with Crippen LogP contribution in [0.15, 0.2) is 59.5 Å². The number of H-pyrrole nitrogens is 1. The maximum absolute atomic E-state index is 12.7. The second-order valence-corrected chi connectivity index (χ2v) is 7.61. The first-order valence-electron chi connectivity index (χ1n) is 10.1. The molecule has 4 rings (SSSR count). The van der Waals surface area contributed by atoms with Crippen molar-refractivity contribution in [3.05, 3.63) is 82.0 Å². The highest BCUT2D eigenvalue weighted by molar-refractivity contribution is 6.04. The Kier molecular flexibility index (Phi) is 5.62. The largest absolute Gasteiger partial charge is 0.330 e. The summed E-state index contributed by atoms with van der Waals surface area (Å²) in [5, 5.41) is 2.98. The lowest BCUT2D eigenvalue weighted by Crippen LogP contribution is -2.29. The molecule has 1 fully saturated rings. The molecule has 1 aliphatic heterocycles. The molecule has 1 aromatic heterocycles. The molecule has 2 aromatic carbocycles. The van der Waals surface area contributed by atoms with Crippen molar-refractivity contribution in [1.82, 2.24) is 14.5 Å². The fourth-order valence-electron chi connectivity index (χ4n) is 3.86. The van der Waals surface area contributed by atoms with Gasteiger partial charge in [0.15, 0.2) is 0 Å². The summed E-state index contributed by atoms with van der Waals surface area (Å²) in [5.74, 6) is -0.162. The average molecular weight is 390 g/mol. The van der Waals surface area contributed by atoms with Crippen LogP contribution in [-0.4, -0.2) is 33.4 Å². The van der Waals surface area contributed by atoms with Crippen molar-refractivity contribution in [2.24, 2.45) is 0 Å². The highest BCUT2D eigenvalue weighted by Crippen LogP contribution is 2.17. The molecule has 0 unspecified atom stereocenters. The number of hydrogen-bond donors (Lipinski definition) is 2. The number of carbonyl (C=O) groups is 1. The van der Waals surface area contributed by atoms with Gasteiger partial charge in [0.05, 0.1) is 5.69 Å². The minimum absolute atomic E-state index is 0.162. The molecule has 0 aliphatic carbocycles. The Hall–Kier alpha value is -3.12. The van der Waals surface area contributed by atoms with Crippen LogP contribution in [0.1, 0.15) is 40.9 Å². The van der Waals surface area contributed by atoms with Gasteiger partial charge in [-0.15, -0.1) is 0 Å². The number of amides is 1. The van der Waals surface area contributed by atoms with Crippen LogP contribution in [0.5, 0.6) is 0 Å². The predicted molar refractivity (Wildman–Crippen MR) is 115 cm³/mol. The number of aromatic amines is 1. The van der Waals surface area contributed by atoms with E-state index in [2.05, 4.69) is 21.3 Å². The molecular formula is C23H26N4O2. The Bertz CT molecular complexity index is 1040. The Morgan fingerprint density at radius 2 is 1.83 bits per heavy atom. The fraction of sp³-hybridized carbons (Fsp3) is 0.304. The van der Waals surface area contributed by atoms with Crippen molar-refractivity contribution in [3.63, 3.8) is 0 Å². The number of imidazole rings is 1. The molecule has 2 heterocycles. The van der Waals surface area contributed by atoms with Crippen LogP contribution >= 0.6 is 0 Å². The van der Waals surface area contributed by atoms with Crippen LogP contribution < -0.4 is 11.0 Å². The minimum Gasteiger partial charge on any atom is -0.322 e. The zero-order valence-electron chi connectivity index (χ0n) is 16.6. The van der Waals surface area contributed by atoms with E-state index in [9.17, 15) is 9.59 Å². The molecule has 0 saturated carbocycles. The van der Waals surface area contributed by atoms with Gasteiger partial charge in [0, 0.05) is 29.7 Å². The maximum Gasteiger partial charge on any atom is 0.330 e. The molecule has 0 spiro atoms. The fourth-order valence-corrected chi connectivity index (χ4v) is 3.86. The van der Waals surface area contributed by atoms with E-state index in [1.54, 1.807) is 35.0 Å². The van der Waals surface area contributed by atoms with E-state index >= 15 is 0 Å². The molecule has 0 atom stereocenters. The number of rotatable bonds is 5. The zero-order valence-corrected chi connectivity index (χ0v) is 16.6. The van der Waals surface area contributed by atoms with E-state index in [0.29, 0.717) is 5.56 Å². The van der Waals surface area contributed by atoms with Crippen molar-refractivity contribution in [2.45, 2.75) is 32.7 Å². The zero-order chi connectivity index (χ0) is 20.2. The first-order chi connectivity index (χ1) is 14.1. The number of benzene rings is 2. The number of hydrogen-bond acceptors (Lipinski definition) is 3. The molecular weight excluding hydrogens is 364 g/mol. The number of likely N-dealkylation sites (tertiary alicyclic amines) is 1. The molecule has 0 radical (unpaired) electrons. The van der Waals surface area contributed by atoms with E-state index in [0.717, 1.165) is 36.7 Å². The van der Waals surface area contributed by atoms with Gasteiger partial charge in [0.1, 0.15) is 0 Å². The van der Waals surface area contributed by atoms with Gasteiger partial charge in [0.25, 0.3) is 5.91 Å². The smallest absolute Gasteiger partial charge is 0.322 e. The lowest BCUT2D eigenvalue weighted by molar-refractivity contribution is 0.102. The lowest BCUT2D eigenvalue weighted by Gasteiger charge is -2.26. The monoisotopic (exact) mass is 390 g/mol. The van der Waals surface area contributed by atoms with Crippen molar-refractivity contribution < 1.29 is 4.79 Å². The van der Waals surface area contributed by atoms with Crippen LogP contribution in [0.4, 0.5) is 5.69 Å². The van der Waals surface area contributed by atoms with E-state index in [-0.39, 0.29) is 11.6 Å². The molecule has 1 aliphatic rings. The van der Waals surface area contributed by atoms with Crippen LogP contribution in [0.2, 0.25) is 0 Å². The summed E-state index contributed by atoms with van der Waals surface area (Å²) in [6.07, 6.45) is 5.52. The normalized spacial score (nSPS) is 14.7. The maximum atomic E-state index is 12.7. The number of aromatic nitrogens is 2. The molecule has 3 aromatic rings. The highest BCUT2D eigenvalue weighted by Gasteiger charge is 2.12. The topological polar surface area (TPSA) is 70.1 Å². The van der Waals surface area contributed by atoms with Gasteiger partial charge in [0.2, 0.25) is 0 Å². The highest BCUT2D eigenvalue weighted by atomic mass is 16.2. The molecule has 29 heavy (non-hydrogen) atoms. The molecule has 1 amide bonds. The second-order valence-electron chi connectivity index (χ2n) is 7.61. The van der Waals surface area contributed by atoms with E-state index in [1.165, 1.54) is 24.8 Å². The number of aryl methyl sites for hydroxylation is 1. The van der Waals surface area contributed by atoms with Crippen LogP contribution in [-0.2, 0) is 6.54 Å². The third-order valence-corrected chi connectivity index (χ3v) is 5.39. The van der Waals surface area contributed by atoms with Gasteiger partial charge < -0.3 is 10.3 Å². The standard InChI is InChI=1S/C23H26N4O2/c1-17-15-24-23(29)27(17)21-10-8-19(9-11-21)22(28)25-20-7-5-6-18(14-20)16-26-12-3-2-4-13-26/h5-11,14-15H,2-4,12-13,16H2,1H3,(H,24,29)(H,25,28). The Morgan fingerprint density at radius 3 is 2.52 bits per heavy atom. The van der Waals surface area contributed by atoms with Crippen molar-refractivity contribution in [3.8, 4) is 5.69 Å². The van der Waals surface area contributed by atoms with E-state index in [4.69, 9.17) is 0 Å². The van der Waals surface area contributed by atoms with Gasteiger partial charge in [-0.25, -0.2) is 4.79 Å². The van der Waals surface area contributed by atoms with Crippen molar-refractivity contribution in [1.29, 1.82) is 0 Å². The number of nitrogens with one attached hydrogen (secondary N) is 2. The van der Waals surface area contributed by atoms with Crippen molar-refractivity contribution in [2.75, 3.05) is 18.4 Å². The van der Waals surface area contributed by atoms with Gasteiger partial charge in [-0.05, 0) is 74.8 Å². The summed E-state index contributed by atoms with van der Waals surface area (Å²) < 4.78 is 1.58. The number of nitrogens with zero attached hydrogens (tertiary/aromatic N) is 2. The summed E-state index contributed by atoms with van der Waals surface area (Å²) in [6.45, 7) is 5.07. The Balaban J connectivity index is 1.44. The lowest BCUT2D eigenvalue weighted by atomic mass is 10.1. The van der Waals surface area contributed by atoms with Crippen LogP contribution in [0, 0.1) is 6.92 Å². The molecule has 2 N–H and O–H groups in total. The first-order valence-corrected chi connectivity index (χ1v) is 10.1. The third kappa shape index (κ3) is 4.49. The number of carbonyl (C=O) groups excluding carboxylic acids is 1. The van der Waals surface area contributed by atoms with Crippen LogP contribution in [0.3, 0.4) is 0 Å². The summed E-state index contributed by atoms with van der Waals surface area (Å²) in [6, 6.07) is 15.1. The van der Waals surface area contributed by atoms with Crippen molar-refractivity contribution >= 4 is 11.6 Å². The van der Waals surface area contributed by atoms with E-state index in [1.807, 2.05) is 25.1 Å². The average Bonchev–Trinajstić information content (AvgIpc) is 3.07. The molecule has 0 bridgehead atoms. The SMILES string of the molecule is Cc1c[nH]c(=O)n1-c1ccc(C(=O)Nc2cccc(CN3CCCCC3)c2)cc1. The second kappa shape index (κ2) is 8.49.